The number of H-pyrrole nitrogens is 1. The lowest BCUT2D eigenvalue weighted by Gasteiger charge is -2.13. The highest BCUT2D eigenvalue weighted by Gasteiger charge is 2.31. The highest BCUT2D eigenvalue weighted by atomic mass is 35.5. The molecule has 0 bridgehead atoms. The van der Waals surface area contributed by atoms with Crippen LogP contribution in [0.2, 0.25) is 5.02 Å². The van der Waals surface area contributed by atoms with Crippen molar-refractivity contribution in [1.29, 1.82) is 0 Å². The zero-order valence-electron chi connectivity index (χ0n) is 19.9. The molecule has 1 aliphatic carbocycles. The summed E-state index contributed by atoms with van der Waals surface area (Å²) in [6.07, 6.45) is 5.02. The van der Waals surface area contributed by atoms with E-state index >= 15 is 4.39 Å². The topological polar surface area (TPSA) is 139 Å². The van der Waals surface area contributed by atoms with E-state index in [4.69, 9.17) is 11.6 Å². The van der Waals surface area contributed by atoms with Gasteiger partial charge < -0.3 is 15.0 Å². The number of benzene rings is 1. The largest absolute Gasteiger partial charge is 0.453 e. The first-order valence-electron chi connectivity index (χ1n) is 11.3. The van der Waals surface area contributed by atoms with E-state index in [0.717, 1.165) is 25.2 Å². The number of aromatic nitrogens is 4. The van der Waals surface area contributed by atoms with E-state index < -0.39 is 21.9 Å². The maximum absolute atomic E-state index is 15.1. The molecule has 13 heteroatoms. The van der Waals surface area contributed by atoms with Crippen molar-refractivity contribution in [2.75, 3.05) is 18.1 Å². The minimum atomic E-state index is -3.64. The Hall–Kier alpha value is -3.25. The fraction of sp³-hybridized carbons (Fsp3) is 0.391. The van der Waals surface area contributed by atoms with Crippen LogP contribution in [0.3, 0.4) is 0 Å². The van der Waals surface area contributed by atoms with Gasteiger partial charge in [0.1, 0.15) is 23.2 Å². The van der Waals surface area contributed by atoms with E-state index in [9.17, 15) is 13.2 Å². The van der Waals surface area contributed by atoms with Gasteiger partial charge in [-0.05, 0) is 44.4 Å². The van der Waals surface area contributed by atoms with Gasteiger partial charge >= 0.3 is 6.09 Å². The molecule has 192 valence electrons. The third-order valence-electron chi connectivity index (χ3n) is 5.62. The van der Waals surface area contributed by atoms with E-state index in [0.29, 0.717) is 35.9 Å². The number of ether oxygens (including phenoxy) is 1. The van der Waals surface area contributed by atoms with E-state index in [1.807, 2.05) is 6.92 Å². The summed E-state index contributed by atoms with van der Waals surface area (Å²) < 4.78 is 45.6. The predicted molar refractivity (Wildman–Crippen MR) is 134 cm³/mol. The van der Waals surface area contributed by atoms with Crippen molar-refractivity contribution in [3.8, 4) is 22.6 Å². The summed E-state index contributed by atoms with van der Waals surface area (Å²) in [5, 5.41) is 2.59. The summed E-state index contributed by atoms with van der Waals surface area (Å²) in [6, 6.07) is 3.93. The van der Waals surface area contributed by atoms with Crippen LogP contribution < -0.4 is 10.0 Å². The number of rotatable bonds is 9. The number of aryl methyl sites for hydroxylation is 1. The third kappa shape index (κ3) is 6.11. The molecule has 36 heavy (non-hydrogen) atoms. The molecule has 0 spiro atoms. The first-order chi connectivity index (χ1) is 17.1. The molecular weight excluding hydrogens is 511 g/mol. The summed E-state index contributed by atoms with van der Waals surface area (Å²) in [7, 11) is -2.34. The molecule has 1 amide bonds. The Labute approximate surface area is 213 Å². The first kappa shape index (κ1) is 25.8. The molecule has 0 unspecified atom stereocenters. The van der Waals surface area contributed by atoms with E-state index in [1.165, 1.54) is 13.2 Å². The average Bonchev–Trinajstić information content (AvgIpc) is 3.58. The molecular formula is C23H26ClFN6O4S. The minimum Gasteiger partial charge on any atom is -0.453 e. The number of halogens is 2. The van der Waals surface area contributed by atoms with Gasteiger partial charge in [0.25, 0.3) is 0 Å². The Balaban J connectivity index is 1.71. The maximum Gasteiger partial charge on any atom is 0.407 e. The Morgan fingerprint density at radius 3 is 2.72 bits per heavy atom. The van der Waals surface area contributed by atoms with Crippen LogP contribution in [0.4, 0.5) is 14.9 Å². The predicted octanol–water partition coefficient (Wildman–Crippen LogP) is 4.25. The lowest BCUT2D eigenvalue weighted by molar-refractivity contribution is 0.167. The van der Waals surface area contributed by atoms with E-state index in [2.05, 4.69) is 34.7 Å². The van der Waals surface area contributed by atoms with Gasteiger partial charge in [0, 0.05) is 24.6 Å². The number of imidazole rings is 1. The van der Waals surface area contributed by atoms with E-state index in [1.54, 1.807) is 12.3 Å². The number of anilines is 1. The number of nitrogens with one attached hydrogen (secondary N) is 3. The molecule has 0 radical (unpaired) electrons. The van der Waals surface area contributed by atoms with Crippen LogP contribution in [-0.2, 0) is 21.2 Å². The Kier molecular flexibility index (Phi) is 7.46. The summed E-state index contributed by atoms with van der Waals surface area (Å²) in [4.78, 5) is 28.3. The molecule has 1 aromatic carbocycles. The number of sulfonamides is 1. The summed E-state index contributed by atoms with van der Waals surface area (Å²) in [5.74, 6) is 0.793. The van der Waals surface area contributed by atoms with Gasteiger partial charge in [-0.2, -0.15) is 0 Å². The minimum absolute atomic E-state index is 0.0282. The van der Waals surface area contributed by atoms with Gasteiger partial charge in [-0.15, -0.1) is 0 Å². The maximum atomic E-state index is 15.1. The second-order valence-corrected chi connectivity index (χ2v) is 10.8. The van der Waals surface area contributed by atoms with E-state index in [-0.39, 0.29) is 33.9 Å². The molecule has 1 fully saturated rings. The van der Waals surface area contributed by atoms with Crippen LogP contribution in [0.25, 0.3) is 22.6 Å². The van der Waals surface area contributed by atoms with Gasteiger partial charge in [-0.25, -0.2) is 32.6 Å². The molecule has 0 saturated heterocycles. The van der Waals surface area contributed by atoms with Crippen molar-refractivity contribution in [3.05, 3.63) is 46.9 Å². The van der Waals surface area contributed by atoms with Gasteiger partial charge in [0.2, 0.25) is 10.0 Å². The average molecular weight is 537 g/mol. The summed E-state index contributed by atoms with van der Waals surface area (Å²) >= 11 is 6.49. The molecule has 1 atom stereocenters. The van der Waals surface area contributed by atoms with Gasteiger partial charge in [0.15, 0.2) is 0 Å². The number of hydrogen-bond donors (Lipinski definition) is 3. The van der Waals surface area contributed by atoms with Crippen molar-refractivity contribution in [2.45, 2.75) is 44.6 Å². The van der Waals surface area contributed by atoms with Crippen LogP contribution in [0.15, 0.2) is 24.4 Å². The second-order valence-electron chi connectivity index (χ2n) is 8.71. The highest BCUT2D eigenvalue weighted by molar-refractivity contribution is 7.92. The molecule has 4 rings (SSSR count). The molecule has 3 N–H and O–H groups in total. The first-order valence-corrected chi connectivity index (χ1v) is 13.6. The normalized spacial score (nSPS) is 14.4. The lowest BCUT2D eigenvalue weighted by atomic mass is 10.1. The van der Waals surface area contributed by atoms with Crippen molar-refractivity contribution >= 4 is 33.4 Å². The number of methoxy groups -OCH3 is 1. The SMILES string of the molecule is COC(=O)N[C@@H](C)CCc1nccc(-c2[nH]c(C3CC3)nc2-c2c(F)ccc(NS(C)(=O)=O)c2Cl)n1. The summed E-state index contributed by atoms with van der Waals surface area (Å²) in [6.45, 7) is 1.85. The number of alkyl carbamates (subject to hydrolysis) is 1. The molecule has 10 nitrogen and oxygen atoms in total. The zero-order chi connectivity index (χ0) is 26.0. The standard InChI is InChI=1S/C23H26ClFN6O4S/c1-12(27-23(32)35-2)4-9-17-26-11-10-16(28-17)20-21(30-22(29-20)13-5-6-13)18-14(25)7-8-15(19(18)24)31-36(3,33)34/h7-8,10-13,31H,4-6,9H2,1-3H3,(H,27,32)(H,29,30)/t12-/m0/s1. The molecule has 3 aromatic rings. The Morgan fingerprint density at radius 2 is 2.06 bits per heavy atom. The van der Waals surface area contributed by atoms with Crippen LogP contribution >= 0.6 is 11.6 Å². The lowest BCUT2D eigenvalue weighted by Crippen LogP contribution is -2.32. The molecule has 2 aromatic heterocycles. The monoisotopic (exact) mass is 536 g/mol. The fourth-order valence-electron chi connectivity index (χ4n) is 3.69. The Morgan fingerprint density at radius 1 is 1.31 bits per heavy atom. The number of carbonyl (C=O) groups excluding carboxylic acids is 1. The fourth-order valence-corrected chi connectivity index (χ4v) is 4.61. The van der Waals surface area contributed by atoms with Crippen molar-refractivity contribution < 1.29 is 22.3 Å². The van der Waals surface area contributed by atoms with Gasteiger partial charge in [0.05, 0.1) is 41.0 Å². The molecule has 2 heterocycles. The molecule has 1 saturated carbocycles. The van der Waals surface area contributed by atoms with Crippen molar-refractivity contribution in [2.24, 2.45) is 0 Å². The number of carbonyl (C=O) groups is 1. The number of nitrogens with zero attached hydrogens (tertiary/aromatic N) is 3. The molecule has 1 aliphatic rings. The number of hydrogen-bond acceptors (Lipinski definition) is 7. The van der Waals surface area contributed by atoms with Crippen LogP contribution in [0.1, 0.15) is 43.8 Å². The number of amides is 1. The second kappa shape index (κ2) is 10.4. The van der Waals surface area contributed by atoms with Gasteiger partial charge in [-0.3, -0.25) is 4.72 Å². The summed E-state index contributed by atoms with van der Waals surface area (Å²) in [5.41, 5.74) is 1.20. The molecule has 0 aliphatic heterocycles. The highest BCUT2D eigenvalue weighted by Crippen LogP contribution is 2.44. The smallest absolute Gasteiger partial charge is 0.407 e. The zero-order valence-corrected chi connectivity index (χ0v) is 21.5. The van der Waals surface area contributed by atoms with Crippen molar-refractivity contribution in [3.63, 3.8) is 0 Å². The van der Waals surface area contributed by atoms with Crippen molar-refractivity contribution in [1.82, 2.24) is 25.3 Å². The quantitative estimate of drug-likeness (QED) is 0.371. The Bertz CT molecular complexity index is 1390. The number of aromatic amines is 1. The van der Waals surface area contributed by atoms with Crippen LogP contribution in [0, 0.1) is 5.82 Å². The van der Waals surface area contributed by atoms with Crippen LogP contribution in [0.5, 0.6) is 0 Å². The third-order valence-corrected chi connectivity index (χ3v) is 6.60. The van der Waals surface area contributed by atoms with Gasteiger partial charge in [-0.1, -0.05) is 11.6 Å². The van der Waals surface area contributed by atoms with Crippen LogP contribution in [-0.4, -0.2) is 53.9 Å².